The highest BCUT2D eigenvalue weighted by Gasteiger charge is 2.13. The van der Waals surface area contributed by atoms with Crippen LogP contribution in [0.15, 0.2) is 12.1 Å². The Morgan fingerprint density at radius 1 is 1.45 bits per heavy atom. The molecule has 6 heteroatoms. The lowest BCUT2D eigenvalue weighted by Gasteiger charge is -2.15. The molecular formula is C14H21ClN2O3. The fraction of sp³-hybridized carbons (Fsp3) is 0.500. The van der Waals surface area contributed by atoms with Crippen LogP contribution in [-0.2, 0) is 11.2 Å². The topological polar surface area (TPSA) is 73.6 Å². The number of amides is 1. The summed E-state index contributed by atoms with van der Waals surface area (Å²) in [7, 11) is 1.55. The third-order valence-electron chi connectivity index (χ3n) is 2.68. The molecule has 0 spiro atoms. The maximum Gasteiger partial charge on any atom is 0.223 e. The van der Waals surface area contributed by atoms with E-state index in [1.54, 1.807) is 19.2 Å². The molecule has 0 aromatic heterocycles. The molecule has 1 aromatic carbocycles. The van der Waals surface area contributed by atoms with Gasteiger partial charge in [-0.25, -0.2) is 0 Å². The van der Waals surface area contributed by atoms with Gasteiger partial charge in [0.1, 0.15) is 0 Å². The zero-order chi connectivity index (χ0) is 15.0. The Morgan fingerprint density at radius 2 is 2.20 bits per heavy atom. The Morgan fingerprint density at radius 3 is 2.80 bits per heavy atom. The highest BCUT2D eigenvalue weighted by atomic mass is 35.5. The fourth-order valence-electron chi connectivity index (χ4n) is 1.81. The zero-order valence-electron chi connectivity index (χ0n) is 11.9. The molecule has 1 amide bonds. The van der Waals surface area contributed by atoms with E-state index in [9.17, 15) is 4.79 Å². The second-order valence-electron chi connectivity index (χ2n) is 4.19. The number of nitrogens with two attached hydrogens (primary N) is 1. The number of ether oxygens (including phenoxy) is 2. The van der Waals surface area contributed by atoms with Gasteiger partial charge in [-0.15, -0.1) is 0 Å². The van der Waals surface area contributed by atoms with Crippen LogP contribution in [0.4, 0.5) is 0 Å². The van der Waals surface area contributed by atoms with E-state index in [2.05, 4.69) is 5.32 Å². The minimum absolute atomic E-state index is 0.0409. The Balaban J connectivity index is 2.78. The van der Waals surface area contributed by atoms with Crippen molar-refractivity contribution in [3.8, 4) is 11.5 Å². The van der Waals surface area contributed by atoms with Gasteiger partial charge < -0.3 is 20.5 Å². The van der Waals surface area contributed by atoms with Gasteiger partial charge in [-0.2, -0.15) is 0 Å². The highest BCUT2D eigenvalue weighted by Crippen LogP contribution is 2.35. The van der Waals surface area contributed by atoms with Gasteiger partial charge >= 0.3 is 0 Å². The lowest BCUT2D eigenvalue weighted by molar-refractivity contribution is -0.121. The molecule has 0 saturated carbocycles. The molecule has 1 rings (SSSR count). The van der Waals surface area contributed by atoms with Gasteiger partial charge in [0, 0.05) is 23.2 Å². The summed E-state index contributed by atoms with van der Waals surface area (Å²) in [6, 6.07) is 3.49. The van der Waals surface area contributed by atoms with Crippen molar-refractivity contribution in [2.75, 3.05) is 26.8 Å². The van der Waals surface area contributed by atoms with Crippen LogP contribution < -0.4 is 20.5 Å². The van der Waals surface area contributed by atoms with Crippen molar-refractivity contribution < 1.29 is 14.3 Å². The molecule has 0 aliphatic carbocycles. The minimum atomic E-state index is -0.0409. The second kappa shape index (κ2) is 8.66. The fourth-order valence-corrected chi connectivity index (χ4v) is 2.04. The number of nitrogens with one attached hydrogen (secondary N) is 1. The first-order valence-corrected chi connectivity index (χ1v) is 6.96. The first-order chi connectivity index (χ1) is 9.62. The summed E-state index contributed by atoms with van der Waals surface area (Å²) in [5.74, 6) is 1.12. The Labute approximate surface area is 124 Å². The third kappa shape index (κ3) is 4.90. The molecule has 0 atom stereocenters. The summed E-state index contributed by atoms with van der Waals surface area (Å²) in [6.07, 6.45) is 0.926. The average Bonchev–Trinajstić information content (AvgIpc) is 2.41. The van der Waals surface area contributed by atoms with E-state index in [1.165, 1.54) is 0 Å². The first kappa shape index (κ1) is 16.6. The van der Waals surface area contributed by atoms with Crippen LogP contribution in [0.25, 0.3) is 0 Å². The summed E-state index contributed by atoms with van der Waals surface area (Å²) >= 11 is 6.02. The van der Waals surface area contributed by atoms with Crippen molar-refractivity contribution in [2.45, 2.75) is 19.8 Å². The second-order valence-corrected chi connectivity index (χ2v) is 4.62. The Bertz CT molecular complexity index is 452. The van der Waals surface area contributed by atoms with Gasteiger partial charge in [-0.05, 0) is 26.0 Å². The van der Waals surface area contributed by atoms with Crippen LogP contribution in [0.5, 0.6) is 11.5 Å². The number of carbonyl (C=O) groups excluding carboxylic acids is 1. The molecule has 20 heavy (non-hydrogen) atoms. The van der Waals surface area contributed by atoms with Gasteiger partial charge in [-0.3, -0.25) is 4.79 Å². The summed E-state index contributed by atoms with van der Waals surface area (Å²) in [5.41, 5.74) is 6.47. The first-order valence-electron chi connectivity index (χ1n) is 6.58. The van der Waals surface area contributed by atoms with Crippen molar-refractivity contribution in [1.29, 1.82) is 0 Å². The van der Waals surface area contributed by atoms with Crippen molar-refractivity contribution in [3.63, 3.8) is 0 Å². The van der Waals surface area contributed by atoms with Gasteiger partial charge in [-0.1, -0.05) is 11.6 Å². The van der Waals surface area contributed by atoms with E-state index in [0.717, 1.165) is 5.56 Å². The predicted molar refractivity (Wildman–Crippen MR) is 79.6 cm³/mol. The number of halogens is 1. The van der Waals surface area contributed by atoms with Crippen LogP contribution in [0.3, 0.4) is 0 Å². The molecule has 5 nitrogen and oxygen atoms in total. The van der Waals surface area contributed by atoms with Crippen molar-refractivity contribution in [3.05, 3.63) is 22.7 Å². The van der Waals surface area contributed by atoms with Gasteiger partial charge in [0.25, 0.3) is 0 Å². The molecule has 0 heterocycles. The molecular weight excluding hydrogens is 280 g/mol. The summed E-state index contributed by atoms with van der Waals surface area (Å²) in [4.78, 5) is 11.4. The number of hydrogen-bond acceptors (Lipinski definition) is 4. The zero-order valence-corrected chi connectivity index (χ0v) is 12.6. The number of carbonyl (C=O) groups is 1. The van der Waals surface area contributed by atoms with Gasteiger partial charge in [0.15, 0.2) is 11.5 Å². The summed E-state index contributed by atoms with van der Waals surface area (Å²) < 4.78 is 11.0. The monoisotopic (exact) mass is 300 g/mol. The Hall–Kier alpha value is -1.46. The number of hydrogen-bond donors (Lipinski definition) is 2. The quantitative estimate of drug-likeness (QED) is 0.767. The van der Waals surface area contributed by atoms with Crippen molar-refractivity contribution >= 4 is 17.5 Å². The standard InChI is InChI=1S/C14H21ClN2O3/c1-3-17-13(18)5-7-20-14-10(4-6-16)8-11(15)9-12(14)19-2/h8-9H,3-7,16H2,1-2H3,(H,17,18). The number of rotatable bonds is 8. The van der Waals surface area contributed by atoms with Gasteiger partial charge in [0.05, 0.1) is 20.1 Å². The molecule has 0 aliphatic rings. The molecule has 0 saturated heterocycles. The molecule has 112 valence electrons. The highest BCUT2D eigenvalue weighted by molar-refractivity contribution is 6.30. The molecule has 0 fully saturated rings. The van der Waals surface area contributed by atoms with E-state index in [-0.39, 0.29) is 12.5 Å². The van der Waals surface area contributed by atoms with Crippen molar-refractivity contribution in [2.24, 2.45) is 5.73 Å². The van der Waals surface area contributed by atoms with E-state index in [1.807, 2.05) is 6.92 Å². The summed E-state index contributed by atoms with van der Waals surface area (Å²) in [6.45, 7) is 3.25. The van der Waals surface area contributed by atoms with Crippen LogP contribution in [0, 0.1) is 0 Å². The van der Waals surface area contributed by atoms with E-state index in [0.29, 0.717) is 42.5 Å². The molecule has 0 aliphatic heterocycles. The van der Waals surface area contributed by atoms with E-state index in [4.69, 9.17) is 26.8 Å². The smallest absolute Gasteiger partial charge is 0.223 e. The summed E-state index contributed by atoms with van der Waals surface area (Å²) in [5, 5.41) is 3.29. The Kier molecular flexibility index (Phi) is 7.18. The van der Waals surface area contributed by atoms with Gasteiger partial charge in [0.2, 0.25) is 5.91 Å². The lowest BCUT2D eigenvalue weighted by atomic mass is 10.1. The normalized spacial score (nSPS) is 10.2. The van der Waals surface area contributed by atoms with Crippen LogP contribution >= 0.6 is 11.6 Å². The largest absolute Gasteiger partial charge is 0.493 e. The molecule has 0 unspecified atom stereocenters. The molecule has 0 bridgehead atoms. The SMILES string of the molecule is CCNC(=O)CCOc1c(CCN)cc(Cl)cc1OC. The van der Waals surface area contributed by atoms with Crippen LogP contribution in [0.2, 0.25) is 5.02 Å². The average molecular weight is 301 g/mol. The van der Waals surface area contributed by atoms with E-state index >= 15 is 0 Å². The lowest BCUT2D eigenvalue weighted by Crippen LogP contribution is -2.24. The van der Waals surface area contributed by atoms with E-state index < -0.39 is 0 Å². The minimum Gasteiger partial charge on any atom is -0.493 e. The van der Waals surface area contributed by atoms with Crippen molar-refractivity contribution in [1.82, 2.24) is 5.32 Å². The number of benzene rings is 1. The number of methoxy groups -OCH3 is 1. The maximum atomic E-state index is 11.4. The molecule has 1 aromatic rings. The maximum absolute atomic E-state index is 11.4. The predicted octanol–water partition coefficient (Wildman–Crippen LogP) is 1.75. The van der Waals surface area contributed by atoms with Crippen LogP contribution in [-0.4, -0.2) is 32.7 Å². The van der Waals surface area contributed by atoms with Crippen LogP contribution in [0.1, 0.15) is 18.9 Å². The molecule has 0 radical (unpaired) electrons. The molecule has 3 N–H and O–H groups in total. The third-order valence-corrected chi connectivity index (χ3v) is 2.90.